The molecule has 1 aliphatic heterocycles. The van der Waals surface area contributed by atoms with E-state index in [9.17, 15) is 13.2 Å². The van der Waals surface area contributed by atoms with Crippen LogP contribution in [0.25, 0.3) is 0 Å². The Bertz CT molecular complexity index is 1660. The minimum atomic E-state index is -4.23. The van der Waals surface area contributed by atoms with Crippen molar-refractivity contribution in [2.75, 3.05) is 0 Å². The lowest BCUT2D eigenvalue weighted by molar-refractivity contribution is -0.132. The maximum atomic E-state index is 14.9. The average Bonchev–Trinajstić information content (AvgIpc) is 3.29. The highest BCUT2D eigenvalue weighted by Crippen LogP contribution is 2.53. The van der Waals surface area contributed by atoms with Crippen LogP contribution in [0, 0.1) is 0 Å². The molecule has 1 aliphatic rings. The second-order valence-corrected chi connectivity index (χ2v) is 11.6. The standard InChI is InChI=1S/C34H28N2O3S/c37-33-32(28-18-8-2-9-19-28)36(40(38,39)31-24-14-5-15-25-31)34(29-20-10-3-11-21-29,30-22-12-4-13-23-30)35(33)26-27-16-6-1-7-17-27/h1-25,32H,26H2. The Morgan fingerprint density at radius 1 is 0.575 bits per heavy atom. The van der Waals surface area contributed by atoms with E-state index in [2.05, 4.69) is 0 Å². The molecule has 1 saturated heterocycles. The molecule has 1 atom stereocenters. The van der Waals surface area contributed by atoms with Crippen molar-refractivity contribution in [1.82, 2.24) is 9.21 Å². The van der Waals surface area contributed by atoms with Gasteiger partial charge in [-0.05, 0) is 34.4 Å². The highest BCUT2D eigenvalue weighted by molar-refractivity contribution is 7.89. The zero-order valence-corrected chi connectivity index (χ0v) is 22.6. The number of carbonyl (C=O) groups excluding carboxylic acids is 1. The molecule has 0 N–H and O–H groups in total. The summed E-state index contributed by atoms with van der Waals surface area (Å²) >= 11 is 0. The van der Waals surface area contributed by atoms with Crippen LogP contribution >= 0.6 is 0 Å². The molecule has 1 fully saturated rings. The van der Waals surface area contributed by atoms with Crippen LogP contribution in [0.4, 0.5) is 0 Å². The van der Waals surface area contributed by atoms with Crippen LogP contribution in [0.3, 0.4) is 0 Å². The summed E-state index contributed by atoms with van der Waals surface area (Å²) in [5.74, 6) is -0.290. The number of hydrogen-bond donors (Lipinski definition) is 0. The van der Waals surface area contributed by atoms with Crippen molar-refractivity contribution in [3.8, 4) is 0 Å². The lowest BCUT2D eigenvalue weighted by Crippen LogP contribution is -2.54. The van der Waals surface area contributed by atoms with E-state index >= 15 is 0 Å². The van der Waals surface area contributed by atoms with Crippen molar-refractivity contribution in [2.45, 2.75) is 23.1 Å². The van der Waals surface area contributed by atoms with E-state index in [1.807, 2.05) is 121 Å². The third-order valence-electron chi connectivity index (χ3n) is 7.40. The Morgan fingerprint density at radius 2 is 1.00 bits per heavy atom. The normalized spacial score (nSPS) is 17.1. The van der Waals surface area contributed by atoms with Crippen molar-refractivity contribution in [3.63, 3.8) is 0 Å². The Hall–Kier alpha value is -4.52. The van der Waals surface area contributed by atoms with Gasteiger partial charge in [0, 0.05) is 6.54 Å². The minimum Gasteiger partial charge on any atom is -0.309 e. The second-order valence-electron chi connectivity index (χ2n) is 9.74. The topological polar surface area (TPSA) is 57.7 Å². The SMILES string of the molecule is O=C1C(c2ccccc2)N(S(=O)(=O)c2ccccc2)C(c2ccccc2)(c2ccccc2)N1Cc1ccccc1. The van der Waals surface area contributed by atoms with E-state index in [1.165, 1.54) is 4.31 Å². The fourth-order valence-corrected chi connectivity index (χ4v) is 7.55. The van der Waals surface area contributed by atoms with Gasteiger partial charge in [0.15, 0.2) is 5.66 Å². The van der Waals surface area contributed by atoms with Gasteiger partial charge in [0.25, 0.3) is 0 Å². The molecule has 6 heteroatoms. The number of amides is 1. The summed E-state index contributed by atoms with van der Waals surface area (Å²) in [4.78, 5) is 16.6. The van der Waals surface area contributed by atoms with Crippen LogP contribution in [0.15, 0.2) is 157 Å². The molecule has 40 heavy (non-hydrogen) atoms. The molecule has 0 bridgehead atoms. The van der Waals surface area contributed by atoms with Gasteiger partial charge in [0.05, 0.1) is 4.90 Å². The Balaban J connectivity index is 1.73. The molecule has 5 aromatic rings. The number of nitrogens with zero attached hydrogens (tertiary/aromatic N) is 2. The highest BCUT2D eigenvalue weighted by Gasteiger charge is 2.63. The van der Waals surface area contributed by atoms with Crippen molar-refractivity contribution in [3.05, 3.63) is 174 Å². The lowest BCUT2D eigenvalue weighted by atomic mass is 9.89. The third kappa shape index (κ3) is 4.22. The molecule has 1 unspecified atom stereocenters. The van der Waals surface area contributed by atoms with Gasteiger partial charge in [-0.15, -0.1) is 4.31 Å². The largest absolute Gasteiger partial charge is 0.309 e. The number of carbonyl (C=O) groups is 1. The van der Waals surface area contributed by atoms with E-state index in [0.717, 1.165) is 5.56 Å². The third-order valence-corrected chi connectivity index (χ3v) is 9.26. The highest BCUT2D eigenvalue weighted by atomic mass is 32.2. The first-order valence-corrected chi connectivity index (χ1v) is 14.6. The van der Waals surface area contributed by atoms with E-state index in [-0.39, 0.29) is 17.3 Å². The summed E-state index contributed by atoms with van der Waals surface area (Å²) in [6, 6.07) is 45.1. The smallest absolute Gasteiger partial charge is 0.248 e. The van der Waals surface area contributed by atoms with Crippen molar-refractivity contribution >= 4 is 15.9 Å². The average molecular weight is 545 g/mol. The maximum absolute atomic E-state index is 14.9. The number of rotatable bonds is 7. The van der Waals surface area contributed by atoms with Crippen LogP contribution in [-0.4, -0.2) is 23.5 Å². The van der Waals surface area contributed by atoms with E-state index in [4.69, 9.17) is 0 Å². The van der Waals surface area contributed by atoms with Crippen LogP contribution in [0.5, 0.6) is 0 Å². The lowest BCUT2D eigenvalue weighted by Gasteiger charge is -2.44. The molecule has 1 heterocycles. The predicted octanol–water partition coefficient (Wildman–Crippen LogP) is 6.36. The summed E-state index contributed by atoms with van der Waals surface area (Å²) in [5.41, 5.74) is 1.41. The van der Waals surface area contributed by atoms with Gasteiger partial charge >= 0.3 is 0 Å². The van der Waals surface area contributed by atoms with Gasteiger partial charge in [-0.2, -0.15) is 0 Å². The summed E-state index contributed by atoms with van der Waals surface area (Å²) in [5, 5.41) is 0. The first kappa shape index (κ1) is 25.7. The monoisotopic (exact) mass is 544 g/mol. The van der Waals surface area contributed by atoms with Crippen LogP contribution in [0.2, 0.25) is 0 Å². The first-order valence-electron chi connectivity index (χ1n) is 13.2. The Kier molecular flexibility index (Phi) is 6.80. The van der Waals surface area contributed by atoms with E-state index in [0.29, 0.717) is 16.7 Å². The molecule has 1 amide bonds. The zero-order valence-electron chi connectivity index (χ0n) is 21.7. The van der Waals surface area contributed by atoms with Gasteiger partial charge in [0.2, 0.25) is 15.9 Å². The van der Waals surface area contributed by atoms with Crippen LogP contribution in [-0.2, 0) is 27.0 Å². The molecule has 0 aromatic heterocycles. The van der Waals surface area contributed by atoms with Crippen molar-refractivity contribution in [1.29, 1.82) is 0 Å². The molecule has 5 aromatic carbocycles. The zero-order chi connectivity index (χ0) is 27.6. The fraction of sp³-hybridized carbons (Fsp3) is 0.0882. The van der Waals surface area contributed by atoms with Crippen molar-refractivity contribution in [2.24, 2.45) is 0 Å². The van der Waals surface area contributed by atoms with E-state index in [1.54, 1.807) is 35.2 Å². The van der Waals surface area contributed by atoms with Gasteiger partial charge in [0.1, 0.15) is 6.04 Å². The molecular formula is C34H28N2O3S. The van der Waals surface area contributed by atoms with Gasteiger partial charge in [-0.25, -0.2) is 8.42 Å². The summed E-state index contributed by atoms with van der Waals surface area (Å²) < 4.78 is 31.2. The molecule has 0 radical (unpaired) electrons. The summed E-state index contributed by atoms with van der Waals surface area (Å²) in [7, 11) is -4.23. The quantitative estimate of drug-likeness (QED) is 0.240. The maximum Gasteiger partial charge on any atom is 0.248 e. The minimum absolute atomic E-state index is 0.126. The molecule has 0 aliphatic carbocycles. The van der Waals surface area contributed by atoms with Crippen LogP contribution in [0.1, 0.15) is 28.3 Å². The molecule has 0 saturated carbocycles. The summed E-state index contributed by atoms with van der Waals surface area (Å²) in [6.45, 7) is 0.216. The molecule has 6 rings (SSSR count). The second kappa shape index (κ2) is 10.6. The predicted molar refractivity (Wildman–Crippen MR) is 155 cm³/mol. The molecular weight excluding hydrogens is 516 g/mol. The molecule has 5 nitrogen and oxygen atoms in total. The molecule has 198 valence electrons. The fourth-order valence-electron chi connectivity index (χ4n) is 5.68. The number of benzene rings is 5. The van der Waals surface area contributed by atoms with Crippen molar-refractivity contribution < 1.29 is 13.2 Å². The van der Waals surface area contributed by atoms with Crippen LogP contribution < -0.4 is 0 Å². The molecule has 0 spiro atoms. The Labute approximate surface area is 235 Å². The first-order chi connectivity index (χ1) is 19.5. The Morgan fingerprint density at radius 3 is 1.50 bits per heavy atom. The van der Waals surface area contributed by atoms with Gasteiger partial charge in [-0.1, -0.05) is 140 Å². The van der Waals surface area contributed by atoms with Gasteiger partial charge < -0.3 is 4.90 Å². The summed E-state index contributed by atoms with van der Waals surface area (Å²) in [6.07, 6.45) is 0. The van der Waals surface area contributed by atoms with Gasteiger partial charge in [-0.3, -0.25) is 4.79 Å². The number of hydrogen-bond acceptors (Lipinski definition) is 3. The number of sulfonamides is 1. The van der Waals surface area contributed by atoms with E-state index < -0.39 is 21.7 Å².